The summed E-state index contributed by atoms with van der Waals surface area (Å²) in [4.78, 5) is 11.1. The Morgan fingerprint density at radius 1 is 1.33 bits per heavy atom. The first kappa shape index (κ1) is 10.0. The third-order valence-electron chi connectivity index (χ3n) is 2.73. The van der Waals surface area contributed by atoms with E-state index in [0.29, 0.717) is 18.9 Å². The van der Waals surface area contributed by atoms with Gasteiger partial charge >= 0.3 is 5.97 Å². The maximum absolute atomic E-state index is 11.1. The van der Waals surface area contributed by atoms with E-state index in [2.05, 4.69) is 0 Å². The van der Waals surface area contributed by atoms with E-state index in [1.807, 2.05) is 24.3 Å². The van der Waals surface area contributed by atoms with Gasteiger partial charge in [0.1, 0.15) is 5.75 Å². The lowest BCUT2D eigenvalue weighted by molar-refractivity contribution is -0.147. The van der Waals surface area contributed by atoms with Crippen LogP contribution in [0.1, 0.15) is 24.3 Å². The summed E-state index contributed by atoms with van der Waals surface area (Å²) in [7, 11) is 1.65. The lowest BCUT2D eigenvalue weighted by Crippen LogP contribution is -2.19. The number of cyclic esters (lactones) is 1. The molecule has 1 heterocycles. The standard InChI is InChI=1S/C12H14O3/c1-14-11-4-2-9(3-5-11)10-6-7-15-12(13)8-10/h2-5,10H,6-8H2,1H3. The van der Waals surface area contributed by atoms with E-state index in [1.54, 1.807) is 7.11 Å². The van der Waals surface area contributed by atoms with Crippen LogP contribution in [0.4, 0.5) is 0 Å². The highest BCUT2D eigenvalue weighted by molar-refractivity contribution is 5.71. The van der Waals surface area contributed by atoms with Crippen LogP contribution in [0.3, 0.4) is 0 Å². The van der Waals surface area contributed by atoms with Crippen molar-refractivity contribution in [3.8, 4) is 5.75 Å². The minimum absolute atomic E-state index is 0.0953. The fraction of sp³-hybridized carbons (Fsp3) is 0.417. The number of methoxy groups -OCH3 is 1. The molecule has 0 radical (unpaired) electrons. The second kappa shape index (κ2) is 4.34. The summed E-state index contributed by atoms with van der Waals surface area (Å²) in [6.45, 7) is 0.537. The van der Waals surface area contributed by atoms with Gasteiger partial charge in [0.05, 0.1) is 20.1 Å². The Labute approximate surface area is 89.0 Å². The lowest BCUT2D eigenvalue weighted by Gasteiger charge is -2.21. The summed E-state index contributed by atoms with van der Waals surface area (Å²) in [6.07, 6.45) is 1.41. The van der Waals surface area contributed by atoms with Crippen LogP contribution in [0.2, 0.25) is 0 Å². The second-order valence-electron chi connectivity index (χ2n) is 3.68. The smallest absolute Gasteiger partial charge is 0.306 e. The van der Waals surface area contributed by atoms with Gasteiger partial charge in [0.2, 0.25) is 0 Å². The van der Waals surface area contributed by atoms with Gasteiger partial charge in [-0.1, -0.05) is 12.1 Å². The average molecular weight is 206 g/mol. The zero-order chi connectivity index (χ0) is 10.7. The molecule has 1 aliphatic heterocycles. The maximum Gasteiger partial charge on any atom is 0.306 e. The SMILES string of the molecule is COc1ccc(C2CCOC(=O)C2)cc1. The molecule has 0 saturated carbocycles. The van der Waals surface area contributed by atoms with Crippen molar-refractivity contribution >= 4 is 5.97 Å². The van der Waals surface area contributed by atoms with Gasteiger partial charge < -0.3 is 9.47 Å². The molecule has 3 heteroatoms. The fourth-order valence-electron chi connectivity index (χ4n) is 1.84. The highest BCUT2D eigenvalue weighted by Crippen LogP contribution is 2.28. The second-order valence-corrected chi connectivity index (χ2v) is 3.68. The first-order valence-corrected chi connectivity index (χ1v) is 5.09. The predicted molar refractivity (Wildman–Crippen MR) is 55.9 cm³/mol. The molecule has 1 aromatic rings. The van der Waals surface area contributed by atoms with Crippen LogP contribution in [0.15, 0.2) is 24.3 Å². The largest absolute Gasteiger partial charge is 0.497 e. The number of rotatable bonds is 2. The molecule has 0 N–H and O–H groups in total. The minimum atomic E-state index is -0.0953. The third-order valence-corrected chi connectivity index (χ3v) is 2.73. The highest BCUT2D eigenvalue weighted by Gasteiger charge is 2.21. The van der Waals surface area contributed by atoms with Crippen molar-refractivity contribution in [3.05, 3.63) is 29.8 Å². The molecule has 0 amide bonds. The van der Waals surface area contributed by atoms with Crippen LogP contribution in [-0.2, 0) is 9.53 Å². The van der Waals surface area contributed by atoms with Crippen molar-refractivity contribution < 1.29 is 14.3 Å². The van der Waals surface area contributed by atoms with Gasteiger partial charge in [-0.25, -0.2) is 0 Å². The Morgan fingerprint density at radius 2 is 2.07 bits per heavy atom. The van der Waals surface area contributed by atoms with E-state index < -0.39 is 0 Å². The lowest BCUT2D eigenvalue weighted by atomic mass is 9.91. The van der Waals surface area contributed by atoms with Crippen LogP contribution in [0.25, 0.3) is 0 Å². The van der Waals surface area contributed by atoms with Gasteiger partial charge in [-0.05, 0) is 30.0 Å². The average Bonchev–Trinajstić information content (AvgIpc) is 2.29. The van der Waals surface area contributed by atoms with Crippen molar-refractivity contribution in [2.75, 3.05) is 13.7 Å². The summed E-state index contributed by atoms with van der Waals surface area (Å²) in [5.74, 6) is 1.05. The van der Waals surface area contributed by atoms with Crippen molar-refractivity contribution in [2.24, 2.45) is 0 Å². The Bertz CT molecular complexity index is 342. The molecule has 0 aliphatic carbocycles. The maximum atomic E-state index is 11.1. The number of carbonyl (C=O) groups is 1. The van der Waals surface area contributed by atoms with Crippen LogP contribution in [0.5, 0.6) is 5.75 Å². The summed E-state index contributed by atoms with van der Waals surface area (Å²) in [5.41, 5.74) is 1.19. The summed E-state index contributed by atoms with van der Waals surface area (Å²) in [5, 5.41) is 0. The fourth-order valence-corrected chi connectivity index (χ4v) is 1.84. The molecule has 1 saturated heterocycles. The molecular formula is C12H14O3. The van der Waals surface area contributed by atoms with E-state index in [9.17, 15) is 4.79 Å². The molecule has 2 rings (SSSR count). The summed E-state index contributed by atoms with van der Waals surface area (Å²) < 4.78 is 10.00. The molecule has 1 aromatic carbocycles. The van der Waals surface area contributed by atoms with E-state index in [0.717, 1.165) is 12.2 Å². The Hall–Kier alpha value is -1.51. The zero-order valence-corrected chi connectivity index (χ0v) is 8.73. The molecule has 0 bridgehead atoms. The van der Waals surface area contributed by atoms with Crippen molar-refractivity contribution in [1.29, 1.82) is 0 Å². The topological polar surface area (TPSA) is 35.5 Å². The molecule has 1 atom stereocenters. The van der Waals surface area contributed by atoms with Crippen molar-refractivity contribution in [2.45, 2.75) is 18.8 Å². The van der Waals surface area contributed by atoms with Crippen LogP contribution < -0.4 is 4.74 Å². The van der Waals surface area contributed by atoms with E-state index >= 15 is 0 Å². The number of ether oxygens (including phenoxy) is 2. The number of hydrogen-bond donors (Lipinski definition) is 0. The molecule has 15 heavy (non-hydrogen) atoms. The van der Waals surface area contributed by atoms with E-state index in [1.165, 1.54) is 5.56 Å². The highest BCUT2D eigenvalue weighted by atomic mass is 16.5. The predicted octanol–water partition coefficient (Wildman–Crippen LogP) is 2.12. The van der Waals surface area contributed by atoms with Crippen LogP contribution in [0, 0.1) is 0 Å². The molecule has 80 valence electrons. The van der Waals surface area contributed by atoms with Crippen LogP contribution in [-0.4, -0.2) is 19.7 Å². The monoisotopic (exact) mass is 206 g/mol. The first-order valence-electron chi connectivity index (χ1n) is 5.09. The summed E-state index contributed by atoms with van der Waals surface area (Å²) >= 11 is 0. The molecule has 1 aliphatic rings. The van der Waals surface area contributed by atoms with E-state index in [4.69, 9.17) is 9.47 Å². The quantitative estimate of drug-likeness (QED) is 0.695. The van der Waals surface area contributed by atoms with Gasteiger partial charge in [-0.2, -0.15) is 0 Å². The molecule has 0 aromatic heterocycles. The number of esters is 1. The number of benzene rings is 1. The molecule has 1 fully saturated rings. The Balaban J connectivity index is 2.11. The minimum Gasteiger partial charge on any atom is -0.497 e. The van der Waals surface area contributed by atoms with Gasteiger partial charge in [-0.15, -0.1) is 0 Å². The number of hydrogen-bond acceptors (Lipinski definition) is 3. The zero-order valence-electron chi connectivity index (χ0n) is 8.73. The number of carbonyl (C=O) groups excluding carboxylic acids is 1. The van der Waals surface area contributed by atoms with Crippen molar-refractivity contribution in [3.63, 3.8) is 0 Å². The Kier molecular flexibility index (Phi) is 2.90. The third kappa shape index (κ3) is 2.29. The van der Waals surface area contributed by atoms with Crippen molar-refractivity contribution in [1.82, 2.24) is 0 Å². The van der Waals surface area contributed by atoms with Gasteiger partial charge in [0, 0.05) is 0 Å². The molecular weight excluding hydrogens is 192 g/mol. The first-order chi connectivity index (χ1) is 7.29. The van der Waals surface area contributed by atoms with E-state index in [-0.39, 0.29) is 5.97 Å². The summed E-state index contributed by atoms with van der Waals surface area (Å²) in [6, 6.07) is 7.88. The Morgan fingerprint density at radius 3 is 2.67 bits per heavy atom. The van der Waals surface area contributed by atoms with Crippen LogP contribution >= 0.6 is 0 Å². The van der Waals surface area contributed by atoms with Gasteiger partial charge in [0.25, 0.3) is 0 Å². The molecule has 0 spiro atoms. The molecule has 3 nitrogen and oxygen atoms in total. The normalized spacial score (nSPS) is 20.9. The van der Waals surface area contributed by atoms with Gasteiger partial charge in [-0.3, -0.25) is 4.79 Å². The van der Waals surface area contributed by atoms with Gasteiger partial charge in [0.15, 0.2) is 0 Å². The molecule has 1 unspecified atom stereocenters.